The van der Waals surface area contributed by atoms with Crippen LogP contribution in [-0.2, 0) is 17.8 Å². The van der Waals surface area contributed by atoms with Gasteiger partial charge in [0.2, 0.25) is 0 Å². The normalized spacial score (nSPS) is 10.9. The molecule has 2 N–H and O–H groups in total. The molecule has 6 heteroatoms. The van der Waals surface area contributed by atoms with Crippen LogP contribution in [0.15, 0.2) is 35.6 Å². The molecule has 0 aliphatic rings. The van der Waals surface area contributed by atoms with Gasteiger partial charge in [0.25, 0.3) is 0 Å². The van der Waals surface area contributed by atoms with Gasteiger partial charge >= 0.3 is 0 Å². The summed E-state index contributed by atoms with van der Waals surface area (Å²) in [4.78, 5) is 4.37. The molecule has 1 heterocycles. The van der Waals surface area contributed by atoms with E-state index in [1.807, 2.05) is 7.05 Å². The van der Waals surface area contributed by atoms with Crippen LogP contribution in [0.1, 0.15) is 0 Å². The largest absolute Gasteiger partial charge is 0.398 e. The smallest absolute Gasteiger partial charge is 0.168 e. The minimum atomic E-state index is -2.60. The van der Waals surface area contributed by atoms with Crippen LogP contribution in [0.25, 0.3) is 11.3 Å². The molecular weight excluding hydrogens is 226 g/mol. The quantitative estimate of drug-likeness (QED) is 0.593. The Morgan fingerprint density at radius 1 is 1.38 bits per heavy atom. The third-order valence-electron chi connectivity index (χ3n) is 2.23. The van der Waals surface area contributed by atoms with Crippen LogP contribution in [0.4, 0.5) is 5.69 Å². The fourth-order valence-corrected chi connectivity index (χ4v) is 1.86. The molecule has 1 aromatic carbocycles. The summed E-state index contributed by atoms with van der Waals surface area (Å²) in [7, 11) is -0.760. The van der Waals surface area contributed by atoms with Gasteiger partial charge in [0.05, 0.1) is 16.9 Å². The van der Waals surface area contributed by atoms with E-state index < -0.39 is 10.7 Å². The fraction of sp³-hybridized carbons (Fsp3) is 0.100. The zero-order valence-electron chi connectivity index (χ0n) is 8.62. The standard InChI is InChI=1S/C10H11N3O2S/c1-13-5-10(12-6-13)8-4-7(16(14)15)2-3-9(8)11/h2-6,16H,11H2,1H3. The Bertz CT molecular complexity index is 594. The molecular formula is C10H11N3O2S. The summed E-state index contributed by atoms with van der Waals surface area (Å²) in [5.74, 6) is 0. The van der Waals surface area contributed by atoms with Crippen molar-refractivity contribution in [3.05, 3.63) is 30.7 Å². The second-order valence-electron chi connectivity index (χ2n) is 3.45. The molecule has 0 atom stereocenters. The number of hydrogen-bond donors (Lipinski definition) is 2. The van der Waals surface area contributed by atoms with E-state index in [9.17, 15) is 8.42 Å². The van der Waals surface area contributed by atoms with Crippen LogP contribution in [0.5, 0.6) is 0 Å². The first kappa shape index (κ1) is 10.7. The zero-order valence-corrected chi connectivity index (χ0v) is 9.52. The first-order chi connectivity index (χ1) is 7.58. The van der Waals surface area contributed by atoms with Gasteiger partial charge in [-0.25, -0.2) is 13.4 Å². The molecule has 16 heavy (non-hydrogen) atoms. The van der Waals surface area contributed by atoms with Gasteiger partial charge in [0.1, 0.15) is 0 Å². The maximum atomic E-state index is 10.9. The van der Waals surface area contributed by atoms with Crippen molar-refractivity contribution >= 4 is 16.4 Å². The van der Waals surface area contributed by atoms with Crippen LogP contribution < -0.4 is 5.73 Å². The van der Waals surface area contributed by atoms with Crippen molar-refractivity contribution in [2.24, 2.45) is 7.05 Å². The van der Waals surface area contributed by atoms with E-state index in [4.69, 9.17) is 5.73 Å². The van der Waals surface area contributed by atoms with E-state index in [0.717, 1.165) is 0 Å². The lowest BCUT2D eigenvalue weighted by Crippen LogP contribution is -1.92. The molecule has 0 aliphatic heterocycles. The number of aryl methyl sites for hydroxylation is 1. The van der Waals surface area contributed by atoms with Gasteiger partial charge in [-0.3, -0.25) is 0 Å². The summed E-state index contributed by atoms with van der Waals surface area (Å²) in [6.07, 6.45) is 3.42. The Morgan fingerprint density at radius 2 is 2.12 bits per heavy atom. The van der Waals surface area contributed by atoms with E-state index in [2.05, 4.69) is 4.98 Å². The summed E-state index contributed by atoms with van der Waals surface area (Å²) in [6.45, 7) is 0. The average molecular weight is 237 g/mol. The number of nitrogen functional groups attached to an aromatic ring is 1. The lowest BCUT2D eigenvalue weighted by atomic mass is 10.1. The van der Waals surface area contributed by atoms with Crippen molar-refractivity contribution in [3.63, 3.8) is 0 Å². The molecule has 0 saturated heterocycles. The third kappa shape index (κ3) is 1.92. The molecule has 5 nitrogen and oxygen atoms in total. The van der Waals surface area contributed by atoms with Crippen molar-refractivity contribution in [1.82, 2.24) is 9.55 Å². The van der Waals surface area contributed by atoms with Crippen molar-refractivity contribution < 1.29 is 8.42 Å². The molecule has 0 radical (unpaired) electrons. The van der Waals surface area contributed by atoms with Gasteiger partial charge in [-0.1, -0.05) is 0 Å². The van der Waals surface area contributed by atoms with E-state index in [0.29, 0.717) is 16.9 Å². The van der Waals surface area contributed by atoms with Gasteiger partial charge in [-0.15, -0.1) is 0 Å². The predicted octanol–water partition coefficient (Wildman–Crippen LogP) is 0.640. The number of aromatic nitrogens is 2. The molecule has 0 bridgehead atoms. The summed E-state index contributed by atoms with van der Waals surface area (Å²) in [5, 5.41) is 0. The lowest BCUT2D eigenvalue weighted by molar-refractivity contribution is 0.614. The highest BCUT2D eigenvalue weighted by atomic mass is 32.2. The second kappa shape index (κ2) is 3.97. The number of benzene rings is 1. The number of anilines is 1. The summed E-state index contributed by atoms with van der Waals surface area (Å²) < 4.78 is 23.5. The number of nitrogens with two attached hydrogens (primary N) is 1. The SMILES string of the molecule is Cn1cnc(-c2cc([SH](=O)=O)ccc2N)c1. The maximum Gasteiger partial charge on any atom is 0.168 e. The first-order valence-electron chi connectivity index (χ1n) is 4.60. The van der Waals surface area contributed by atoms with Crippen LogP contribution in [-0.4, -0.2) is 18.0 Å². The molecule has 1 aromatic heterocycles. The molecule has 2 rings (SSSR count). The number of nitrogens with zero attached hydrogens (tertiary/aromatic N) is 2. The lowest BCUT2D eigenvalue weighted by Gasteiger charge is -2.02. The summed E-state index contributed by atoms with van der Waals surface area (Å²) in [5.41, 5.74) is 7.60. The predicted molar refractivity (Wildman–Crippen MR) is 61.6 cm³/mol. The average Bonchev–Trinajstić information content (AvgIpc) is 2.65. The van der Waals surface area contributed by atoms with Gasteiger partial charge in [-0.05, 0) is 18.2 Å². The van der Waals surface area contributed by atoms with E-state index in [1.165, 1.54) is 12.1 Å². The number of rotatable bonds is 2. The van der Waals surface area contributed by atoms with E-state index in [1.54, 1.807) is 23.2 Å². The van der Waals surface area contributed by atoms with Crippen LogP contribution in [0, 0.1) is 0 Å². The van der Waals surface area contributed by atoms with Crippen molar-refractivity contribution in [2.75, 3.05) is 5.73 Å². The highest BCUT2D eigenvalue weighted by Crippen LogP contribution is 2.25. The summed E-state index contributed by atoms with van der Waals surface area (Å²) >= 11 is 0. The number of thiol groups is 1. The number of imidazole rings is 1. The third-order valence-corrected chi connectivity index (χ3v) is 2.93. The minimum absolute atomic E-state index is 0.241. The van der Waals surface area contributed by atoms with Crippen molar-refractivity contribution in [1.29, 1.82) is 0 Å². The molecule has 0 aliphatic carbocycles. The van der Waals surface area contributed by atoms with Gasteiger partial charge in [-0.2, -0.15) is 0 Å². The molecule has 0 amide bonds. The highest BCUT2D eigenvalue weighted by molar-refractivity contribution is 7.72. The monoisotopic (exact) mass is 237 g/mol. The van der Waals surface area contributed by atoms with Crippen LogP contribution >= 0.6 is 0 Å². The Labute approximate surface area is 94.5 Å². The molecule has 0 fully saturated rings. The Balaban J connectivity index is 2.59. The van der Waals surface area contributed by atoms with Gasteiger partial charge in [0.15, 0.2) is 10.7 Å². The zero-order chi connectivity index (χ0) is 11.7. The van der Waals surface area contributed by atoms with E-state index in [-0.39, 0.29) is 4.90 Å². The van der Waals surface area contributed by atoms with Crippen molar-refractivity contribution in [3.8, 4) is 11.3 Å². The van der Waals surface area contributed by atoms with E-state index >= 15 is 0 Å². The first-order valence-corrected chi connectivity index (χ1v) is 5.78. The Kier molecular flexibility index (Phi) is 2.66. The van der Waals surface area contributed by atoms with Crippen molar-refractivity contribution in [2.45, 2.75) is 4.90 Å². The molecule has 0 unspecified atom stereocenters. The number of hydrogen-bond acceptors (Lipinski definition) is 4. The maximum absolute atomic E-state index is 10.9. The topological polar surface area (TPSA) is 78.0 Å². The van der Waals surface area contributed by atoms with Crippen LogP contribution in [0.3, 0.4) is 0 Å². The van der Waals surface area contributed by atoms with Crippen LogP contribution in [0.2, 0.25) is 0 Å². The highest BCUT2D eigenvalue weighted by Gasteiger charge is 2.07. The van der Waals surface area contributed by atoms with Gasteiger partial charge < -0.3 is 10.3 Å². The molecule has 2 aromatic rings. The fourth-order valence-electron chi connectivity index (χ4n) is 1.43. The van der Waals surface area contributed by atoms with Gasteiger partial charge in [0, 0.05) is 24.5 Å². The molecule has 0 spiro atoms. The molecule has 84 valence electrons. The Morgan fingerprint density at radius 3 is 2.69 bits per heavy atom. The second-order valence-corrected chi connectivity index (χ2v) is 4.48. The summed E-state index contributed by atoms with van der Waals surface area (Å²) in [6, 6.07) is 4.58. The molecule has 0 saturated carbocycles. The Hall–Kier alpha value is -1.82. The minimum Gasteiger partial charge on any atom is -0.398 e.